The van der Waals surface area contributed by atoms with Gasteiger partial charge in [0.2, 0.25) is 0 Å². The number of hydrogen-bond acceptors (Lipinski definition) is 5. The maximum Gasteiger partial charge on any atom is 0.261 e. The summed E-state index contributed by atoms with van der Waals surface area (Å²) in [5.74, 6) is -2.32. The summed E-state index contributed by atoms with van der Waals surface area (Å²) in [6, 6.07) is 14.5. The Morgan fingerprint density at radius 2 is 1.62 bits per heavy atom. The SMILES string of the molecule is O=C(Nc1nc(-c2ncccc2F)cs1)c1cn(-c2ccccc2F)nc1-c1ccccc1F. The highest BCUT2D eigenvalue weighted by Crippen LogP contribution is 2.29. The van der Waals surface area contributed by atoms with Crippen molar-refractivity contribution in [3.63, 3.8) is 0 Å². The van der Waals surface area contributed by atoms with Gasteiger partial charge in [-0.3, -0.25) is 15.1 Å². The highest BCUT2D eigenvalue weighted by molar-refractivity contribution is 7.14. The van der Waals surface area contributed by atoms with Gasteiger partial charge in [-0.25, -0.2) is 22.8 Å². The van der Waals surface area contributed by atoms with Crippen LogP contribution in [0.25, 0.3) is 28.3 Å². The Balaban J connectivity index is 1.53. The van der Waals surface area contributed by atoms with Crippen molar-refractivity contribution in [2.45, 2.75) is 0 Å². The Morgan fingerprint density at radius 1 is 0.882 bits per heavy atom. The molecule has 0 aliphatic heterocycles. The number of nitrogens with zero attached hydrogens (tertiary/aromatic N) is 4. The number of hydrogen-bond donors (Lipinski definition) is 1. The van der Waals surface area contributed by atoms with Crippen LogP contribution in [-0.2, 0) is 0 Å². The molecule has 5 rings (SSSR count). The molecule has 10 heteroatoms. The lowest BCUT2D eigenvalue weighted by atomic mass is 10.1. The Kier molecular flexibility index (Phi) is 5.64. The van der Waals surface area contributed by atoms with Crippen molar-refractivity contribution in [1.82, 2.24) is 19.7 Å². The number of benzene rings is 2. The first kappa shape index (κ1) is 21.5. The van der Waals surface area contributed by atoms with Gasteiger partial charge in [-0.15, -0.1) is 11.3 Å². The van der Waals surface area contributed by atoms with E-state index in [4.69, 9.17) is 0 Å². The smallest absolute Gasteiger partial charge is 0.261 e. The van der Waals surface area contributed by atoms with Crippen molar-refractivity contribution in [2.75, 3.05) is 5.32 Å². The highest BCUT2D eigenvalue weighted by Gasteiger charge is 2.23. The molecule has 0 atom stereocenters. The molecule has 0 aliphatic rings. The number of carbonyl (C=O) groups excluding carboxylic acids is 1. The molecule has 0 saturated heterocycles. The minimum absolute atomic E-state index is 0.00844. The Labute approximate surface area is 195 Å². The fourth-order valence-corrected chi connectivity index (χ4v) is 4.02. The zero-order valence-corrected chi connectivity index (χ0v) is 18.1. The van der Waals surface area contributed by atoms with Crippen LogP contribution in [0, 0.1) is 17.5 Å². The van der Waals surface area contributed by atoms with Crippen molar-refractivity contribution in [3.8, 4) is 28.3 Å². The second-order valence-electron chi connectivity index (χ2n) is 7.09. The first-order chi connectivity index (χ1) is 16.5. The molecular weight excluding hydrogens is 463 g/mol. The number of thiazole rings is 1. The predicted octanol–water partition coefficient (Wildman–Crippen LogP) is 5.73. The molecule has 0 aliphatic carbocycles. The summed E-state index contributed by atoms with van der Waals surface area (Å²) in [5, 5.41) is 8.66. The van der Waals surface area contributed by atoms with Gasteiger partial charge in [0.25, 0.3) is 5.91 Å². The molecule has 6 nitrogen and oxygen atoms in total. The van der Waals surface area contributed by atoms with E-state index >= 15 is 0 Å². The number of nitrogens with one attached hydrogen (secondary N) is 1. The zero-order chi connectivity index (χ0) is 23.7. The molecule has 0 radical (unpaired) electrons. The molecule has 0 fully saturated rings. The lowest BCUT2D eigenvalue weighted by Crippen LogP contribution is -2.12. The standard InChI is InChI=1S/C24H14F3N5OS/c25-16-7-2-1-6-14(16)21-15(12-32(31-21)20-10-4-3-8-17(20)26)23(33)30-24-29-19(13-34-24)22-18(27)9-5-11-28-22/h1-13H,(H,29,30,33). The van der Waals surface area contributed by atoms with Gasteiger partial charge in [0, 0.05) is 23.3 Å². The summed E-state index contributed by atoms with van der Waals surface area (Å²) < 4.78 is 44.1. The van der Waals surface area contributed by atoms with Gasteiger partial charge >= 0.3 is 0 Å². The van der Waals surface area contributed by atoms with Crippen LogP contribution in [0.2, 0.25) is 0 Å². The van der Waals surface area contributed by atoms with Gasteiger partial charge in [0.1, 0.15) is 34.4 Å². The molecule has 5 aromatic rings. The molecule has 34 heavy (non-hydrogen) atoms. The van der Waals surface area contributed by atoms with Crippen LogP contribution in [0.5, 0.6) is 0 Å². The maximum atomic E-state index is 14.6. The quantitative estimate of drug-likeness (QED) is 0.351. The number of halogens is 3. The van der Waals surface area contributed by atoms with Crippen LogP contribution in [0.15, 0.2) is 78.4 Å². The van der Waals surface area contributed by atoms with Gasteiger partial charge < -0.3 is 0 Å². The summed E-state index contributed by atoms with van der Waals surface area (Å²) >= 11 is 1.08. The summed E-state index contributed by atoms with van der Waals surface area (Å²) in [7, 11) is 0. The average molecular weight is 477 g/mol. The van der Waals surface area contributed by atoms with Crippen molar-refractivity contribution in [3.05, 3.63) is 101 Å². The molecule has 0 spiro atoms. The van der Waals surface area contributed by atoms with E-state index in [1.807, 2.05) is 0 Å². The van der Waals surface area contributed by atoms with Crippen LogP contribution >= 0.6 is 11.3 Å². The molecule has 168 valence electrons. The first-order valence-corrected chi connectivity index (χ1v) is 10.9. The van der Waals surface area contributed by atoms with E-state index in [1.165, 1.54) is 65.6 Å². The zero-order valence-electron chi connectivity index (χ0n) is 17.2. The first-order valence-electron chi connectivity index (χ1n) is 9.98. The predicted molar refractivity (Wildman–Crippen MR) is 122 cm³/mol. The summed E-state index contributed by atoms with van der Waals surface area (Å²) in [6.45, 7) is 0. The fraction of sp³-hybridized carbons (Fsp3) is 0. The molecule has 0 unspecified atom stereocenters. The van der Waals surface area contributed by atoms with Crippen LogP contribution in [0.1, 0.15) is 10.4 Å². The highest BCUT2D eigenvalue weighted by atomic mass is 32.1. The van der Waals surface area contributed by atoms with Crippen molar-refractivity contribution in [2.24, 2.45) is 0 Å². The second-order valence-corrected chi connectivity index (χ2v) is 7.95. The molecule has 1 amide bonds. The van der Waals surface area contributed by atoms with Crippen molar-refractivity contribution < 1.29 is 18.0 Å². The van der Waals surface area contributed by atoms with Gasteiger partial charge in [0.05, 0.1) is 5.56 Å². The number of para-hydroxylation sites is 1. The third-order valence-corrected chi connectivity index (χ3v) is 5.67. The second kappa shape index (κ2) is 8.91. The van der Waals surface area contributed by atoms with E-state index in [-0.39, 0.29) is 39.0 Å². The van der Waals surface area contributed by atoms with Crippen LogP contribution in [0.4, 0.5) is 18.3 Å². The van der Waals surface area contributed by atoms with Gasteiger partial charge in [-0.2, -0.15) is 5.10 Å². The maximum absolute atomic E-state index is 14.6. The Bertz CT molecular complexity index is 1510. The lowest BCUT2D eigenvalue weighted by molar-refractivity contribution is 0.102. The van der Waals surface area contributed by atoms with E-state index in [0.29, 0.717) is 0 Å². The number of anilines is 1. The van der Waals surface area contributed by atoms with Gasteiger partial charge in [0.15, 0.2) is 10.9 Å². The Hall–Kier alpha value is -4.31. The third-order valence-electron chi connectivity index (χ3n) is 4.91. The molecule has 1 N–H and O–H groups in total. The van der Waals surface area contributed by atoms with E-state index in [0.717, 1.165) is 11.3 Å². The summed E-state index contributed by atoms with van der Waals surface area (Å²) in [5.41, 5.74) is 0.536. The van der Waals surface area contributed by atoms with Crippen LogP contribution in [-0.4, -0.2) is 25.7 Å². The normalized spacial score (nSPS) is 10.9. The number of aromatic nitrogens is 4. The molecule has 0 bridgehead atoms. The molecule has 0 saturated carbocycles. The van der Waals surface area contributed by atoms with Gasteiger partial charge in [-0.05, 0) is 36.4 Å². The average Bonchev–Trinajstić information content (AvgIpc) is 3.48. The van der Waals surface area contributed by atoms with E-state index in [9.17, 15) is 18.0 Å². The molecule has 2 aromatic carbocycles. The third kappa shape index (κ3) is 4.06. The van der Waals surface area contributed by atoms with Crippen LogP contribution in [0.3, 0.4) is 0 Å². The minimum atomic E-state index is -0.636. The lowest BCUT2D eigenvalue weighted by Gasteiger charge is -2.04. The van der Waals surface area contributed by atoms with E-state index in [2.05, 4.69) is 20.4 Å². The Morgan fingerprint density at radius 3 is 2.38 bits per heavy atom. The van der Waals surface area contributed by atoms with E-state index in [1.54, 1.807) is 17.5 Å². The molecule has 3 aromatic heterocycles. The topological polar surface area (TPSA) is 72.7 Å². The number of pyridine rings is 1. The minimum Gasteiger partial charge on any atom is -0.298 e. The number of amides is 1. The largest absolute Gasteiger partial charge is 0.298 e. The summed E-state index contributed by atoms with van der Waals surface area (Å²) in [6.07, 6.45) is 2.76. The van der Waals surface area contributed by atoms with Crippen LogP contribution < -0.4 is 5.32 Å². The fourth-order valence-electron chi connectivity index (χ4n) is 3.33. The molecule has 3 heterocycles. The monoisotopic (exact) mass is 477 g/mol. The summed E-state index contributed by atoms with van der Waals surface area (Å²) in [4.78, 5) is 21.4. The number of rotatable bonds is 5. The van der Waals surface area contributed by atoms with E-state index < -0.39 is 23.4 Å². The molecular formula is C24H14F3N5OS. The number of carbonyl (C=O) groups is 1. The van der Waals surface area contributed by atoms with Gasteiger partial charge in [-0.1, -0.05) is 24.3 Å². The van der Waals surface area contributed by atoms with Crippen molar-refractivity contribution >= 4 is 22.4 Å². The van der Waals surface area contributed by atoms with Crippen molar-refractivity contribution in [1.29, 1.82) is 0 Å².